The second-order valence-corrected chi connectivity index (χ2v) is 5.82. The predicted octanol–water partition coefficient (Wildman–Crippen LogP) is -0.0265. The summed E-state index contributed by atoms with van der Waals surface area (Å²) in [6.07, 6.45) is 2.83. The van der Waals surface area contributed by atoms with E-state index in [0.717, 1.165) is 24.2 Å². The Labute approximate surface area is 83.9 Å². The van der Waals surface area contributed by atoms with Crippen molar-refractivity contribution in [1.82, 2.24) is 5.06 Å². The Morgan fingerprint density at radius 2 is 2.07 bits per heavy atom. The number of hydroxylamine groups is 2. The quantitative estimate of drug-likeness (QED) is 0.657. The van der Waals surface area contributed by atoms with E-state index >= 15 is 0 Å². The van der Waals surface area contributed by atoms with Gasteiger partial charge in [0.25, 0.3) is 5.91 Å². The zero-order chi connectivity index (χ0) is 10.8. The van der Waals surface area contributed by atoms with Gasteiger partial charge in [0, 0.05) is 12.8 Å². The van der Waals surface area contributed by atoms with Gasteiger partial charge in [-0.1, -0.05) is 0 Å². The van der Waals surface area contributed by atoms with Gasteiger partial charge >= 0.3 is 0 Å². The van der Waals surface area contributed by atoms with E-state index in [0.29, 0.717) is 13.2 Å². The number of hydrogen-bond donors (Lipinski definition) is 0. The van der Waals surface area contributed by atoms with Gasteiger partial charge in [-0.2, -0.15) is 0 Å². The topological polar surface area (TPSA) is 63.7 Å². The van der Waals surface area contributed by atoms with E-state index < -0.39 is 21.0 Å². The molecule has 0 saturated carbocycles. The van der Waals surface area contributed by atoms with Crippen LogP contribution in [-0.2, 0) is 19.5 Å². The molecule has 0 spiro atoms. The molecule has 0 radical (unpaired) electrons. The molecule has 14 heavy (non-hydrogen) atoms. The van der Waals surface area contributed by atoms with E-state index in [1.54, 1.807) is 0 Å². The highest BCUT2D eigenvalue weighted by molar-refractivity contribution is 7.92. The maximum absolute atomic E-state index is 11.6. The standard InChI is InChI=1S/C8H15NO4S/c1-7(14(2,11)12)8(10)9-5-3-4-6-13-9/h7H,3-6H2,1-2H3. The van der Waals surface area contributed by atoms with E-state index in [1.807, 2.05) is 0 Å². The number of nitrogens with zero attached hydrogens (tertiary/aromatic N) is 1. The third-order valence-electron chi connectivity index (χ3n) is 2.24. The van der Waals surface area contributed by atoms with E-state index in [-0.39, 0.29) is 0 Å². The summed E-state index contributed by atoms with van der Waals surface area (Å²) in [6.45, 7) is 2.36. The summed E-state index contributed by atoms with van der Waals surface area (Å²) in [7, 11) is -3.32. The molecule has 82 valence electrons. The molecule has 0 bridgehead atoms. The Kier molecular flexibility index (Phi) is 3.49. The minimum Gasteiger partial charge on any atom is -0.271 e. The van der Waals surface area contributed by atoms with Gasteiger partial charge in [0.1, 0.15) is 5.25 Å². The summed E-state index contributed by atoms with van der Waals surface area (Å²) in [4.78, 5) is 16.6. The lowest BCUT2D eigenvalue weighted by molar-refractivity contribution is -0.196. The summed E-state index contributed by atoms with van der Waals surface area (Å²) in [5.74, 6) is -0.466. The molecule has 1 fully saturated rings. The molecule has 1 rings (SSSR count). The second-order valence-electron chi connectivity index (χ2n) is 3.45. The second kappa shape index (κ2) is 4.27. The van der Waals surface area contributed by atoms with Crippen LogP contribution in [0.4, 0.5) is 0 Å². The van der Waals surface area contributed by atoms with Gasteiger partial charge in [0.05, 0.1) is 6.61 Å². The molecule has 6 heteroatoms. The number of carbonyl (C=O) groups is 1. The smallest absolute Gasteiger partial charge is 0.264 e. The van der Waals surface area contributed by atoms with Gasteiger partial charge in [0.15, 0.2) is 9.84 Å². The molecule has 0 aromatic carbocycles. The zero-order valence-corrected chi connectivity index (χ0v) is 9.21. The molecule has 1 heterocycles. The fourth-order valence-corrected chi connectivity index (χ4v) is 1.64. The molecular formula is C8H15NO4S. The Bertz CT molecular complexity index is 305. The van der Waals surface area contributed by atoms with Gasteiger partial charge in [-0.25, -0.2) is 13.5 Å². The first-order chi connectivity index (χ1) is 6.43. The lowest BCUT2D eigenvalue weighted by Gasteiger charge is -2.27. The van der Waals surface area contributed by atoms with Crippen molar-refractivity contribution in [2.75, 3.05) is 19.4 Å². The van der Waals surface area contributed by atoms with Gasteiger partial charge < -0.3 is 0 Å². The predicted molar refractivity (Wildman–Crippen MR) is 51.2 cm³/mol. The van der Waals surface area contributed by atoms with Crippen molar-refractivity contribution in [3.8, 4) is 0 Å². The van der Waals surface area contributed by atoms with Crippen LogP contribution in [0.25, 0.3) is 0 Å². The lowest BCUT2D eigenvalue weighted by Crippen LogP contribution is -2.43. The van der Waals surface area contributed by atoms with Crippen LogP contribution in [0.1, 0.15) is 19.8 Å². The highest BCUT2D eigenvalue weighted by Crippen LogP contribution is 2.10. The first-order valence-electron chi connectivity index (χ1n) is 4.56. The zero-order valence-electron chi connectivity index (χ0n) is 8.39. The molecule has 1 unspecified atom stereocenters. The molecule has 1 aliphatic heterocycles. The third-order valence-corrected chi connectivity index (χ3v) is 3.72. The fourth-order valence-electron chi connectivity index (χ4n) is 1.16. The van der Waals surface area contributed by atoms with Gasteiger partial charge in [0.2, 0.25) is 0 Å². The van der Waals surface area contributed by atoms with Gasteiger partial charge in [-0.3, -0.25) is 9.63 Å². The number of carbonyl (C=O) groups excluding carboxylic acids is 1. The van der Waals surface area contributed by atoms with Crippen LogP contribution in [-0.4, -0.2) is 44.0 Å². The van der Waals surface area contributed by atoms with Crippen LogP contribution in [0.15, 0.2) is 0 Å². The Morgan fingerprint density at radius 1 is 1.43 bits per heavy atom. The largest absolute Gasteiger partial charge is 0.271 e. The molecular weight excluding hydrogens is 206 g/mol. The number of rotatable bonds is 2. The minimum atomic E-state index is -3.32. The summed E-state index contributed by atoms with van der Waals surface area (Å²) in [5, 5.41) is 0.149. The minimum absolute atomic E-state index is 0.466. The molecule has 0 aromatic heterocycles. The fraction of sp³-hybridized carbons (Fsp3) is 0.875. The van der Waals surface area contributed by atoms with E-state index in [4.69, 9.17) is 4.84 Å². The first kappa shape index (κ1) is 11.5. The third kappa shape index (κ3) is 2.68. The highest BCUT2D eigenvalue weighted by Gasteiger charge is 2.29. The molecule has 0 aromatic rings. The van der Waals surface area contributed by atoms with E-state index in [1.165, 1.54) is 6.92 Å². The van der Waals surface area contributed by atoms with Crippen LogP contribution < -0.4 is 0 Å². The van der Waals surface area contributed by atoms with Crippen molar-refractivity contribution >= 4 is 15.7 Å². The summed E-state index contributed by atoms with van der Waals surface area (Å²) < 4.78 is 22.2. The molecule has 5 nitrogen and oxygen atoms in total. The SMILES string of the molecule is CC(C(=O)N1CCCCO1)S(C)(=O)=O. The van der Waals surface area contributed by atoms with E-state index in [2.05, 4.69) is 0 Å². The van der Waals surface area contributed by atoms with Crippen molar-refractivity contribution in [3.63, 3.8) is 0 Å². The van der Waals surface area contributed by atoms with E-state index in [9.17, 15) is 13.2 Å². The molecule has 1 amide bonds. The normalized spacial score (nSPS) is 20.6. The van der Waals surface area contributed by atoms with Crippen LogP contribution >= 0.6 is 0 Å². The monoisotopic (exact) mass is 221 g/mol. The maximum atomic E-state index is 11.6. The molecule has 1 aliphatic rings. The average molecular weight is 221 g/mol. The van der Waals surface area contributed by atoms with Crippen LogP contribution in [0, 0.1) is 0 Å². The lowest BCUT2D eigenvalue weighted by atomic mass is 10.3. The van der Waals surface area contributed by atoms with Gasteiger partial charge in [-0.15, -0.1) is 0 Å². The average Bonchev–Trinajstić information content (AvgIpc) is 2.15. The first-order valence-corrected chi connectivity index (χ1v) is 6.51. The van der Waals surface area contributed by atoms with Crippen molar-refractivity contribution in [1.29, 1.82) is 0 Å². The molecule has 1 saturated heterocycles. The van der Waals surface area contributed by atoms with Crippen LogP contribution in [0.2, 0.25) is 0 Å². The van der Waals surface area contributed by atoms with Gasteiger partial charge in [-0.05, 0) is 19.8 Å². The van der Waals surface area contributed by atoms with Crippen LogP contribution in [0.5, 0.6) is 0 Å². The van der Waals surface area contributed by atoms with Crippen molar-refractivity contribution in [3.05, 3.63) is 0 Å². The Hall–Kier alpha value is -0.620. The number of hydrogen-bond acceptors (Lipinski definition) is 4. The van der Waals surface area contributed by atoms with Crippen molar-refractivity contribution in [2.24, 2.45) is 0 Å². The molecule has 0 N–H and O–H groups in total. The molecule has 1 atom stereocenters. The molecule has 0 aliphatic carbocycles. The maximum Gasteiger partial charge on any atom is 0.264 e. The summed E-state index contributed by atoms with van der Waals surface area (Å²) in [5.41, 5.74) is 0. The van der Waals surface area contributed by atoms with Crippen LogP contribution in [0.3, 0.4) is 0 Å². The summed E-state index contributed by atoms with van der Waals surface area (Å²) in [6, 6.07) is 0. The highest BCUT2D eigenvalue weighted by atomic mass is 32.2. The number of amides is 1. The Balaban J connectivity index is 2.64. The van der Waals surface area contributed by atoms with Crippen molar-refractivity contribution < 1.29 is 18.0 Å². The Morgan fingerprint density at radius 3 is 2.50 bits per heavy atom. The summed E-state index contributed by atoms with van der Waals surface area (Å²) >= 11 is 0. The number of sulfone groups is 1. The van der Waals surface area contributed by atoms with Crippen molar-refractivity contribution in [2.45, 2.75) is 25.0 Å².